The number of hydrogen-bond donors (Lipinski definition) is 0. The van der Waals surface area contributed by atoms with Crippen LogP contribution in [0.15, 0.2) is 248 Å². The highest BCUT2D eigenvalue weighted by molar-refractivity contribution is 6.10. The number of aromatic nitrogens is 1. The molecule has 0 unspecified atom stereocenters. The number of nitrogens with zero attached hydrogens (tertiary/aromatic N) is 2. The first-order valence-corrected chi connectivity index (χ1v) is 22.1. The number of rotatable bonds is 8. The summed E-state index contributed by atoms with van der Waals surface area (Å²) in [4.78, 5) is 2.38. The summed E-state index contributed by atoms with van der Waals surface area (Å²) < 4.78 is 2.48. The summed E-state index contributed by atoms with van der Waals surface area (Å²) in [6.45, 7) is 0. The van der Waals surface area contributed by atoms with Crippen LogP contribution < -0.4 is 4.90 Å². The molecule has 2 aliphatic rings. The highest BCUT2D eigenvalue weighted by Crippen LogP contribution is 2.56. The van der Waals surface area contributed by atoms with Gasteiger partial charge in [0, 0.05) is 33.5 Å². The first-order valence-electron chi connectivity index (χ1n) is 22.1. The van der Waals surface area contributed by atoms with Crippen LogP contribution in [0, 0.1) is 0 Å². The van der Waals surface area contributed by atoms with Crippen LogP contribution in [0.5, 0.6) is 0 Å². The van der Waals surface area contributed by atoms with Gasteiger partial charge in [-0.05, 0) is 123 Å². The van der Waals surface area contributed by atoms with Gasteiger partial charge >= 0.3 is 0 Å². The summed E-state index contributed by atoms with van der Waals surface area (Å²) in [6, 6.07) is 82.8. The highest BCUT2D eigenvalue weighted by atomic mass is 15.1. The smallest absolute Gasteiger partial charge is 0.0714 e. The van der Waals surface area contributed by atoms with Crippen LogP contribution in [0.4, 0.5) is 11.4 Å². The standard InChI is InChI=1S/C61H44N2/c1-5-17-43(18-6-1)44-29-34-50(35-30-44)62(49-23-11-4-12-24-49)51-36-31-45(32-37-51)46-33-39-56-55-26-14-16-28-59(55)63(60(56)41-46)52-38-40-54-53-25-13-15-27-57(53)61(58(54)42-52,47-19-7-2-8-20-47)48-21-9-3-10-22-48/h1-3,5-11,13-42H,4,12H2. The quantitative estimate of drug-likeness (QED) is 0.149. The molecule has 2 heteroatoms. The number of para-hydroxylation sites is 1. The Labute approximate surface area is 369 Å². The van der Waals surface area contributed by atoms with Gasteiger partial charge < -0.3 is 9.47 Å². The molecule has 0 saturated carbocycles. The molecule has 1 aromatic heterocycles. The molecule has 12 rings (SSSR count). The van der Waals surface area contributed by atoms with Gasteiger partial charge in [-0.2, -0.15) is 0 Å². The molecule has 10 aromatic rings. The van der Waals surface area contributed by atoms with E-state index in [9.17, 15) is 0 Å². The van der Waals surface area contributed by atoms with Gasteiger partial charge in [0.1, 0.15) is 0 Å². The van der Waals surface area contributed by atoms with Crippen LogP contribution in [0.1, 0.15) is 35.1 Å². The van der Waals surface area contributed by atoms with Crippen molar-refractivity contribution in [2.75, 3.05) is 4.90 Å². The van der Waals surface area contributed by atoms with E-state index < -0.39 is 5.41 Å². The Morgan fingerprint density at radius 3 is 1.63 bits per heavy atom. The first-order chi connectivity index (χ1) is 31.3. The fourth-order valence-electron chi connectivity index (χ4n) is 10.4. The predicted octanol–water partition coefficient (Wildman–Crippen LogP) is 15.9. The third kappa shape index (κ3) is 6.02. The van der Waals surface area contributed by atoms with Gasteiger partial charge in [0.15, 0.2) is 0 Å². The Bertz CT molecular complexity index is 3320. The molecule has 0 N–H and O–H groups in total. The molecule has 298 valence electrons. The van der Waals surface area contributed by atoms with E-state index in [4.69, 9.17) is 0 Å². The lowest BCUT2D eigenvalue weighted by molar-refractivity contribution is 0.767. The number of benzene rings is 9. The molecule has 2 aliphatic carbocycles. The third-order valence-electron chi connectivity index (χ3n) is 13.3. The normalized spacial score (nSPS) is 13.7. The van der Waals surface area contributed by atoms with Crippen molar-refractivity contribution >= 4 is 33.2 Å². The van der Waals surface area contributed by atoms with E-state index >= 15 is 0 Å². The zero-order valence-corrected chi connectivity index (χ0v) is 34.9. The second-order valence-corrected chi connectivity index (χ2v) is 16.7. The average molecular weight is 805 g/mol. The Morgan fingerprint density at radius 2 is 0.952 bits per heavy atom. The van der Waals surface area contributed by atoms with Gasteiger partial charge in [0.2, 0.25) is 0 Å². The molecule has 9 aromatic carbocycles. The van der Waals surface area contributed by atoms with Crippen LogP contribution >= 0.6 is 0 Å². The van der Waals surface area contributed by atoms with Crippen molar-refractivity contribution in [2.24, 2.45) is 0 Å². The fourth-order valence-corrected chi connectivity index (χ4v) is 10.4. The molecule has 63 heavy (non-hydrogen) atoms. The highest BCUT2D eigenvalue weighted by Gasteiger charge is 2.46. The molecular weight excluding hydrogens is 761 g/mol. The molecule has 0 atom stereocenters. The SMILES string of the molecule is C1=CC(N(c2ccc(-c3ccccc3)cc2)c2ccc(-c3ccc4c5ccccc5n(-c5ccc6c(c5)C(c5ccccc5)(c5ccccc5)c5ccccc5-6)c4c3)cc2)=CCC1. The van der Waals surface area contributed by atoms with Crippen molar-refractivity contribution in [3.05, 3.63) is 271 Å². The fraction of sp³-hybridized carbons (Fsp3) is 0.0492. The van der Waals surface area contributed by atoms with Crippen molar-refractivity contribution in [3.8, 4) is 39.1 Å². The van der Waals surface area contributed by atoms with Crippen molar-refractivity contribution in [3.63, 3.8) is 0 Å². The molecule has 0 radical (unpaired) electrons. The summed E-state index contributed by atoms with van der Waals surface area (Å²) in [5, 5.41) is 2.49. The Kier molecular flexibility index (Phi) is 8.90. The summed E-state index contributed by atoms with van der Waals surface area (Å²) in [6.07, 6.45) is 9.01. The minimum Gasteiger partial charge on any atom is -0.311 e. The van der Waals surface area contributed by atoms with E-state index in [2.05, 4.69) is 252 Å². The summed E-state index contributed by atoms with van der Waals surface area (Å²) in [5.74, 6) is 0. The topological polar surface area (TPSA) is 8.17 Å². The number of fused-ring (bicyclic) bond motifs is 6. The molecule has 0 fully saturated rings. The third-order valence-corrected chi connectivity index (χ3v) is 13.3. The van der Waals surface area contributed by atoms with Crippen LogP contribution in [-0.2, 0) is 5.41 Å². The lowest BCUT2D eigenvalue weighted by atomic mass is 9.67. The van der Waals surface area contributed by atoms with Crippen molar-refractivity contribution < 1.29 is 0 Å². The van der Waals surface area contributed by atoms with Crippen molar-refractivity contribution in [1.29, 1.82) is 0 Å². The molecule has 0 amide bonds. The van der Waals surface area contributed by atoms with Crippen molar-refractivity contribution in [2.45, 2.75) is 18.3 Å². The molecule has 0 spiro atoms. The van der Waals surface area contributed by atoms with Gasteiger partial charge in [-0.25, -0.2) is 0 Å². The summed E-state index contributed by atoms with van der Waals surface area (Å²) >= 11 is 0. The van der Waals surface area contributed by atoms with E-state index in [-0.39, 0.29) is 0 Å². The maximum atomic E-state index is 2.48. The Balaban J connectivity index is 0.983. The summed E-state index contributed by atoms with van der Waals surface area (Å²) in [7, 11) is 0. The van der Waals surface area contributed by atoms with E-state index in [0.29, 0.717) is 0 Å². The van der Waals surface area contributed by atoms with Crippen molar-refractivity contribution in [1.82, 2.24) is 4.57 Å². The van der Waals surface area contributed by atoms with Gasteiger partial charge in [-0.3, -0.25) is 0 Å². The number of hydrogen-bond acceptors (Lipinski definition) is 1. The van der Waals surface area contributed by atoms with E-state index in [1.54, 1.807) is 0 Å². The monoisotopic (exact) mass is 804 g/mol. The van der Waals surface area contributed by atoms with Crippen LogP contribution in [0.25, 0.3) is 60.9 Å². The van der Waals surface area contributed by atoms with Gasteiger partial charge in [-0.1, -0.05) is 188 Å². The maximum Gasteiger partial charge on any atom is 0.0714 e. The summed E-state index contributed by atoms with van der Waals surface area (Å²) in [5.41, 5.74) is 19.1. The molecular formula is C61H44N2. The zero-order chi connectivity index (χ0) is 41.7. The number of allylic oxidation sites excluding steroid dienone is 3. The lowest BCUT2D eigenvalue weighted by Crippen LogP contribution is -2.28. The molecule has 2 nitrogen and oxygen atoms in total. The Hall–Kier alpha value is -7.94. The predicted molar refractivity (Wildman–Crippen MR) is 264 cm³/mol. The number of anilines is 2. The van der Waals surface area contributed by atoms with Gasteiger partial charge in [-0.15, -0.1) is 0 Å². The van der Waals surface area contributed by atoms with Crippen LogP contribution in [-0.4, -0.2) is 4.57 Å². The van der Waals surface area contributed by atoms with Gasteiger partial charge in [0.25, 0.3) is 0 Å². The second-order valence-electron chi connectivity index (χ2n) is 16.7. The zero-order valence-electron chi connectivity index (χ0n) is 34.9. The lowest BCUT2D eigenvalue weighted by Gasteiger charge is -2.34. The van der Waals surface area contributed by atoms with E-state index in [0.717, 1.165) is 29.9 Å². The molecule has 0 aliphatic heterocycles. The Morgan fingerprint density at radius 1 is 0.397 bits per heavy atom. The maximum absolute atomic E-state index is 2.48. The largest absolute Gasteiger partial charge is 0.311 e. The van der Waals surface area contributed by atoms with E-state index in [1.165, 1.54) is 83.1 Å². The second kappa shape index (κ2) is 15.2. The molecule has 0 saturated heterocycles. The molecule has 1 heterocycles. The minimum atomic E-state index is -0.475. The van der Waals surface area contributed by atoms with Crippen LogP contribution in [0.3, 0.4) is 0 Å². The average Bonchev–Trinajstić information content (AvgIpc) is 3.86. The first kappa shape index (κ1) is 36.9. The van der Waals surface area contributed by atoms with E-state index in [1.807, 2.05) is 0 Å². The van der Waals surface area contributed by atoms with Gasteiger partial charge in [0.05, 0.1) is 16.4 Å². The minimum absolute atomic E-state index is 0.475. The van der Waals surface area contributed by atoms with Crippen LogP contribution in [0.2, 0.25) is 0 Å². The molecule has 0 bridgehead atoms.